The highest BCUT2D eigenvalue weighted by Crippen LogP contribution is 2.33. The molecule has 0 radical (unpaired) electrons. The van der Waals surface area contributed by atoms with Gasteiger partial charge < -0.3 is 4.90 Å². The molecule has 2 aromatic carbocycles. The van der Waals surface area contributed by atoms with E-state index in [-0.39, 0.29) is 5.91 Å². The summed E-state index contributed by atoms with van der Waals surface area (Å²) in [5.74, 6) is 0.957. The van der Waals surface area contributed by atoms with Crippen LogP contribution in [0, 0.1) is 0 Å². The van der Waals surface area contributed by atoms with Crippen molar-refractivity contribution in [3.8, 4) is 0 Å². The average Bonchev–Trinajstić information content (AvgIpc) is 3.12. The number of carbonyl (C=O) groups excluding carboxylic acids is 1. The van der Waals surface area contributed by atoms with Crippen LogP contribution in [0.15, 0.2) is 47.4 Å². The number of nitrogens with zero attached hydrogens (tertiary/aromatic N) is 3. The summed E-state index contributed by atoms with van der Waals surface area (Å²) in [5, 5.41) is 0.777. The number of fused-ring (bicyclic) bond motifs is 1. The second-order valence-corrected chi connectivity index (χ2v) is 9.12. The monoisotopic (exact) mass is 413 g/mol. The van der Waals surface area contributed by atoms with Crippen LogP contribution in [0.1, 0.15) is 29.8 Å². The Morgan fingerprint density at radius 3 is 2.57 bits per heavy atom. The van der Waals surface area contributed by atoms with Crippen molar-refractivity contribution < 1.29 is 4.79 Å². The molecule has 0 N–H and O–H groups in total. The number of hydrogen-bond acceptors (Lipinski definition) is 5. The van der Waals surface area contributed by atoms with E-state index in [4.69, 9.17) is 4.98 Å². The van der Waals surface area contributed by atoms with Crippen molar-refractivity contribution in [1.29, 1.82) is 0 Å². The minimum absolute atomic E-state index is 0.0236. The predicted molar refractivity (Wildman–Crippen MR) is 122 cm³/mol. The fraction of sp³-hybridized carbons (Fsp3) is 0.364. The van der Waals surface area contributed by atoms with Crippen molar-refractivity contribution in [2.24, 2.45) is 0 Å². The molecule has 0 aliphatic heterocycles. The molecule has 148 valence electrons. The van der Waals surface area contributed by atoms with E-state index in [1.807, 2.05) is 43.3 Å². The number of para-hydroxylation sites is 1. The van der Waals surface area contributed by atoms with Crippen LogP contribution in [-0.2, 0) is 6.42 Å². The maximum absolute atomic E-state index is 13.5. The van der Waals surface area contributed by atoms with Gasteiger partial charge in [0.05, 0.1) is 15.8 Å². The predicted octanol–water partition coefficient (Wildman–Crippen LogP) is 5.18. The quantitative estimate of drug-likeness (QED) is 0.477. The van der Waals surface area contributed by atoms with Crippen LogP contribution in [0.3, 0.4) is 0 Å². The van der Waals surface area contributed by atoms with Gasteiger partial charge in [0, 0.05) is 18.0 Å². The topological polar surface area (TPSA) is 36.4 Å². The first-order valence-corrected chi connectivity index (χ1v) is 11.4. The van der Waals surface area contributed by atoms with E-state index >= 15 is 0 Å². The van der Waals surface area contributed by atoms with Crippen molar-refractivity contribution >= 4 is 44.4 Å². The molecule has 0 unspecified atom stereocenters. The number of anilines is 1. The summed E-state index contributed by atoms with van der Waals surface area (Å²) in [6.45, 7) is 5.64. The van der Waals surface area contributed by atoms with Gasteiger partial charge in [-0.1, -0.05) is 49.4 Å². The summed E-state index contributed by atoms with van der Waals surface area (Å²) >= 11 is 3.30. The fourth-order valence-electron chi connectivity index (χ4n) is 3.05. The highest BCUT2D eigenvalue weighted by atomic mass is 32.2. The SMILES string of the molecule is CCSc1ccccc1C(=O)N(CCN(C)C)c1nc2c(CC)cccc2s1. The van der Waals surface area contributed by atoms with Crippen LogP contribution < -0.4 is 4.90 Å². The minimum Gasteiger partial charge on any atom is -0.308 e. The standard InChI is InChI=1S/C22H27N3OS2/c1-5-16-10-9-13-19-20(16)23-22(28-19)25(15-14-24(3)4)21(26)17-11-7-8-12-18(17)27-6-2/h7-13H,5-6,14-15H2,1-4H3. The second kappa shape index (κ2) is 9.54. The fourth-order valence-corrected chi connectivity index (χ4v) is 4.88. The highest BCUT2D eigenvalue weighted by Gasteiger charge is 2.23. The number of likely N-dealkylation sites (N-methyl/N-ethyl adjacent to an activating group) is 1. The number of amides is 1. The number of rotatable bonds is 8. The lowest BCUT2D eigenvalue weighted by Crippen LogP contribution is -2.37. The Bertz CT molecular complexity index is 952. The average molecular weight is 414 g/mol. The number of aromatic nitrogens is 1. The molecular formula is C22H27N3OS2. The van der Waals surface area contributed by atoms with Crippen LogP contribution in [0.2, 0.25) is 0 Å². The first-order chi connectivity index (χ1) is 13.5. The molecule has 3 rings (SSSR count). The van der Waals surface area contributed by atoms with Crippen molar-refractivity contribution in [2.45, 2.75) is 25.2 Å². The summed E-state index contributed by atoms with van der Waals surface area (Å²) in [4.78, 5) is 23.4. The van der Waals surface area contributed by atoms with E-state index in [1.165, 1.54) is 5.56 Å². The number of aryl methyl sites for hydroxylation is 1. The van der Waals surface area contributed by atoms with E-state index in [2.05, 4.69) is 36.9 Å². The zero-order valence-electron chi connectivity index (χ0n) is 16.9. The third-order valence-corrected chi connectivity index (χ3v) is 6.54. The maximum atomic E-state index is 13.5. The molecule has 0 saturated heterocycles. The Morgan fingerprint density at radius 2 is 1.86 bits per heavy atom. The first-order valence-electron chi connectivity index (χ1n) is 9.62. The van der Waals surface area contributed by atoms with Gasteiger partial charge in [-0.05, 0) is 50.0 Å². The molecule has 0 bridgehead atoms. The number of hydrogen-bond donors (Lipinski definition) is 0. The maximum Gasteiger partial charge on any atom is 0.261 e. The Balaban J connectivity index is 2.03. The third kappa shape index (κ3) is 4.57. The molecule has 0 atom stereocenters. The zero-order chi connectivity index (χ0) is 20.1. The van der Waals surface area contributed by atoms with Crippen LogP contribution >= 0.6 is 23.1 Å². The lowest BCUT2D eigenvalue weighted by molar-refractivity contribution is 0.0982. The molecule has 1 amide bonds. The lowest BCUT2D eigenvalue weighted by atomic mass is 10.1. The first kappa shape index (κ1) is 20.8. The molecular weight excluding hydrogens is 386 g/mol. The van der Waals surface area contributed by atoms with Gasteiger partial charge in [0.2, 0.25) is 0 Å². The molecule has 1 aromatic heterocycles. The van der Waals surface area contributed by atoms with Crippen LogP contribution in [0.5, 0.6) is 0 Å². The second-order valence-electron chi connectivity index (χ2n) is 6.80. The molecule has 0 saturated carbocycles. The van der Waals surface area contributed by atoms with Gasteiger partial charge in [0.25, 0.3) is 5.91 Å². The molecule has 28 heavy (non-hydrogen) atoms. The number of thioether (sulfide) groups is 1. The van der Waals surface area contributed by atoms with Gasteiger partial charge in [-0.15, -0.1) is 11.8 Å². The van der Waals surface area contributed by atoms with E-state index < -0.39 is 0 Å². The molecule has 6 heteroatoms. The Labute approximate surface area is 175 Å². The molecule has 3 aromatic rings. The lowest BCUT2D eigenvalue weighted by Gasteiger charge is -2.23. The van der Waals surface area contributed by atoms with Crippen molar-refractivity contribution in [2.75, 3.05) is 37.8 Å². The molecule has 0 fully saturated rings. The Kier molecular flexibility index (Phi) is 7.10. The highest BCUT2D eigenvalue weighted by molar-refractivity contribution is 7.99. The van der Waals surface area contributed by atoms with E-state index in [0.717, 1.165) is 44.5 Å². The normalized spacial score (nSPS) is 11.3. The summed E-state index contributed by atoms with van der Waals surface area (Å²) in [7, 11) is 4.05. The molecule has 1 heterocycles. The van der Waals surface area contributed by atoms with Crippen molar-refractivity contribution in [3.63, 3.8) is 0 Å². The van der Waals surface area contributed by atoms with Crippen molar-refractivity contribution in [1.82, 2.24) is 9.88 Å². The van der Waals surface area contributed by atoms with Gasteiger partial charge in [-0.3, -0.25) is 9.69 Å². The van der Waals surface area contributed by atoms with Gasteiger partial charge in [0.1, 0.15) is 0 Å². The van der Waals surface area contributed by atoms with Crippen LogP contribution in [0.25, 0.3) is 10.2 Å². The number of carbonyl (C=O) groups is 1. The molecule has 4 nitrogen and oxygen atoms in total. The smallest absolute Gasteiger partial charge is 0.261 e. The summed E-state index contributed by atoms with van der Waals surface area (Å²) < 4.78 is 1.13. The summed E-state index contributed by atoms with van der Waals surface area (Å²) in [5.41, 5.74) is 2.99. The molecule has 0 aliphatic carbocycles. The van der Waals surface area contributed by atoms with Crippen molar-refractivity contribution in [3.05, 3.63) is 53.6 Å². The zero-order valence-corrected chi connectivity index (χ0v) is 18.6. The number of benzene rings is 2. The Hall–Kier alpha value is -1.89. The summed E-state index contributed by atoms with van der Waals surface area (Å²) in [6, 6.07) is 14.2. The van der Waals surface area contributed by atoms with Gasteiger partial charge in [0.15, 0.2) is 5.13 Å². The van der Waals surface area contributed by atoms with Gasteiger partial charge >= 0.3 is 0 Å². The Morgan fingerprint density at radius 1 is 1.07 bits per heavy atom. The number of thiazole rings is 1. The minimum atomic E-state index is 0.0236. The van der Waals surface area contributed by atoms with Crippen LogP contribution in [0.4, 0.5) is 5.13 Å². The van der Waals surface area contributed by atoms with Crippen LogP contribution in [-0.4, -0.2) is 48.7 Å². The third-order valence-electron chi connectivity index (χ3n) is 4.54. The van der Waals surface area contributed by atoms with E-state index in [9.17, 15) is 4.79 Å². The van der Waals surface area contributed by atoms with E-state index in [1.54, 1.807) is 23.1 Å². The van der Waals surface area contributed by atoms with Gasteiger partial charge in [-0.2, -0.15) is 0 Å². The molecule has 0 aliphatic rings. The largest absolute Gasteiger partial charge is 0.308 e. The summed E-state index contributed by atoms with van der Waals surface area (Å²) in [6.07, 6.45) is 0.933. The molecule has 0 spiro atoms. The van der Waals surface area contributed by atoms with Gasteiger partial charge in [-0.25, -0.2) is 4.98 Å². The van der Waals surface area contributed by atoms with E-state index in [0.29, 0.717) is 6.54 Å².